The molecule has 0 saturated carbocycles. The maximum atomic E-state index is 14.2. The second-order valence-electron chi connectivity index (χ2n) is 5.49. The van der Waals surface area contributed by atoms with Gasteiger partial charge >= 0.3 is 0 Å². The molecule has 0 aliphatic carbocycles. The number of aliphatic hydroxyl groups excluding tert-OH is 1. The zero-order chi connectivity index (χ0) is 18.4. The van der Waals surface area contributed by atoms with Crippen molar-refractivity contribution in [1.29, 1.82) is 0 Å². The van der Waals surface area contributed by atoms with Crippen molar-refractivity contribution < 1.29 is 9.50 Å². The van der Waals surface area contributed by atoms with Gasteiger partial charge in [0.25, 0.3) is 0 Å². The Morgan fingerprint density at radius 1 is 1.12 bits per heavy atom. The molecule has 1 aromatic carbocycles. The van der Waals surface area contributed by atoms with Crippen molar-refractivity contribution in [3.63, 3.8) is 0 Å². The summed E-state index contributed by atoms with van der Waals surface area (Å²) in [6.45, 7) is 0.641. The predicted octanol–water partition coefficient (Wildman–Crippen LogP) is 3.87. The Labute approximate surface area is 155 Å². The maximum absolute atomic E-state index is 14.2. The number of rotatable bonds is 7. The van der Waals surface area contributed by atoms with Crippen LogP contribution < -0.4 is 10.6 Å². The van der Waals surface area contributed by atoms with Gasteiger partial charge in [-0.2, -0.15) is 4.39 Å². The van der Waals surface area contributed by atoms with E-state index in [0.29, 0.717) is 35.2 Å². The molecule has 26 heavy (non-hydrogen) atoms. The van der Waals surface area contributed by atoms with E-state index < -0.39 is 5.95 Å². The SMILES string of the molecule is OCCCNc1cnc(F)c(-c2cncc(Nc3cccc(Cl)c3)n2)c1. The van der Waals surface area contributed by atoms with Crippen molar-refractivity contribution in [2.24, 2.45) is 0 Å². The van der Waals surface area contributed by atoms with Gasteiger partial charge in [-0.3, -0.25) is 4.98 Å². The van der Waals surface area contributed by atoms with Gasteiger partial charge in [0.1, 0.15) is 5.82 Å². The summed E-state index contributed by atoms with van der Waals surface area (Å²) in [5.74, 6) is -0.172. The number of anilines is 3. The molecule has 0 aliphatic heterocycles. The minimum Gasteiger partial charge on any atom is -0.396 e. The Bertz CT molecular complexity index is 893. The van der Waals surface area contributed by atoms with E-state index in [-0.39, 0.29) is 12.2 Å². The fourth-order valence-corrected chi connectivity index (χ4v) is 2.50. The van der Waals surface area contributed by atoms with Gasteiger partial charge in [-0.15, -0.1) is 0 Å². The molecule has 0 fully saturated rings. The monoisotopic (exact) mass is 373 g/mol. The van der Waals surface area contributed by atoms with Gasteiger partial charge in [0, 0.05) is 23.9 Å². The minimum atomic E-state index is -0.632. The van der Waals surface area contributed by atoms with Crippen LogP contribution in [0, 0.1) is 5.95 Å². The molecule has 3 rings (SSSR count). The largest absolute Gasteiger partial charge is 0.396 e. The highest BCUT2D eigenvalue weighted by atomic mass is 35.5. The lowest BCUT2D eigenvalue weighted by atomic mass is 10.2. The number of nitrogens with zero attached hydrogens (tertiary/aromatic N) is 3. The summed E-state index contributed by atoms with van der Waals surface area (Å²) in [6, 6.07) is 8.79. The van der Waals surface area contributed by atoms with Crippen LogP contribution in [0.4, 0.5) is 21.6 Å². The molecule has 0 atom stereocenters. The van der Waals surface area contributed by atoms with Crippen LogP contribution >= 0.6 is 11.6 Å². The maximum Gasteiger partial charge on any atom is 0.222 e. The summed E-state index contributed by atoms with van der Waals surface area (Å²) in [7, 11) is 0. The third kappa shape index (κ3) is 4.65. The highest BCUT2D eigenvalue weighted by Crippen LogP contribution is 2.25. The second kappa shape index (κ2) is 8.55. The number of aromatic nitrogens is 3. The first kappa shape index (κ1) is 18.0. The summed E-state index contributed by atoms with van der Waals surface area (Å²) in [5.41, 5.74) is 1.99. The standard InChI is InChI=1S/C18H17ClFN5O/c19-12-3-1-4-13(7-12)24-17-11-21-10-16(25-17)15-8-14(9-23-18(15)20)22-5-2-6-26/h1,3-4,7-11,22,26H,2,5-6H2,(H,24,25). The zero-order valence-corrected chi connectivity index (χ0v) is 14.5. The lowest BCUT2D eigenvalue weighted by molar-refractivity contribution is 0.292. The van der Waals surface area contributed by atoms with Crippen molar-refractivity contribution >= 4 is 28.8 Å². The number of benzene rings is 1. The van der Waals surface area contributed by atoms with E-state index in [2.05, 4.69) is 25.6 Å². The van der Waals surface area contributed by atoms with Crippen LogP contribution in [0.5, 0.6) is 0 Å². The Morgan fingerprint density at radius 2 is 2.00 bits per heavy atom. The van der Waals surface area contributed by atoms with Crippen LogP contribution in [0.1, 0.15) is 6.42 Å². The molecule has 0 amide bonds. The van der Waals surface area contributed by atoms with Crippen LogP contribution in [0.15, 0.2) is 48.9 Å². The number of aliphatic hydroxyl groups is 1. The van der Waals surface area contributed by atoms with Crippen molar-refractivity contribution in [2.45, 2.75) is 6.42 Å². The van der Waals surface area contributed by atoms with Crippen LogP contribution in [-0.2, 0) is 0 Å². The molecule has 0 aliphatic rings. The van der Waals surface area contributed by atoms with Crippen LogP contribution in [0.2, 0.25) is 5.02 Å². The van der Waals surface area contributed by atoms with Crippen molar-refractivity contribution in [1.82, 2.24) is 15.0 Å². The third-order valence-corrected chi connectivity index (χ3v) is 3.75. The molecule has 8 heteroatoms. The lowest BCUT2D eigenvalue weighted by Gasteiger charge is -2.10. The number of pyridine rings is 1. The first-order chi connectivity index (χ1) is 12.7. The molecule has 0 saturated heterocycles. The van der Waals surface area contributed by atoms with E-state index in [1.54, 1.807) is 24.4 Å². The summed E-state index contributed by atoms with van der Waals surface area (Å²) >= 11 is 5.97. The van der Waals surface area contributed by atoms with E-state index in [1.165, 1.54) is 12.4 Å². The number of nitrogens with one attached hydrogen (secondary N) is 2. The van der Waals surface area contributed by atoms with Crippen molar-refractivity contribution in [3.05, 3.63) is 59.9 Å². The van der Waals surface area contributed by atoms with Crippen molar-refractivity contribution in [3.8, 4) is 11.3 Å². The van der Waals surface area contributed by atoms with Gasteiger partial charge < -0.3 is 15.7 Å². The molecule has 0 spiro atoms. The quantitative estimate of drug-likeness (QED) is 0.431. The van der Waals surface area contributed by atoms with Crippen LogP contribution in [-0.4, -0.2) is 33.2 Å². The molecule has 3 N–H and O–H groups in total. The van der Waals surface area contributed by atoms with E-state index in [4.69, 9.17) is 16.7 Å². The Kier molecular flexibility index (Phi) is 5.93. The molecule has 2 aromatic heterocycles. The third-order valence-electron chi connectivity index (χ3n) is 3.51. The van der Waals surface area contributed by atoms with E-state index in [0.717, 1.165) is 5.69 Å². The fraction of sp³-hybridized carbons (Fsp3) is 0.167. The molecule has 3 aromatic rings. The summed E-state index contributed by atoms with van der Waals surface area (Å²) in [4.78, 5) is 12.3. The highest BCUT2D eigenvalue weighted by Gasteiger charge is 2.11. The topological polar surface area (TPSA) is 83.0 Å². The Balaban J connectivity index is 1.84. The Hall–Kier alpha value is -2.77. The zero-order valence-electron chi connectivity index (χ0n) is 13.8. The highest BCUT2D eigenvalue weighted by molar-refractivity contribution is 6.30. The predicted molar refractivity (Wildman–Crippen MR) is 100 cm³/mol. The van der Waals surface area contributed by atoms with Gasteiger partial charge in [0.2, 0.25) is 5.95 Å². The van der Waals surface area contributed by atoms with Gasteiger partial charge in [-0.25, -0.2) is 9.97 Å². The number of hydrogen-bond acceptors (Lipinski definition) is 6. The average molecular weight is 374 g/mol. The number of hydrogen-bond donors (Lipinski definition) is 3. The van der Waals surface area contributed by atoms with Gasteiger partial charge in [0.05, 0.1) is 35.5 Å². The molecule has 0 radical (unpaired) electrons. The molecule has 0 unspecified atom stereocenters. The number of halogens is 2. The molecule has 6 nitrogen and oxygen atoms in total. The molecular formula is C18H17ClFN5O. The van der Waals surface area contributed by atoms with Crippen molar-refractivity contribution in [2.75, 3.05) is 23.8 Å². The summed E-state index contributed by atoms with van der Waals surface area (Å²) in [6.07, 6.45) is 5.00. The molecule has 2 heterocycles. The smallest absolute Gasteiger partial charge is 0.222 e. The van der Waals surface area contributed by atoms with Crippen LogP contribution in [0.25, 0.3) is 11.3 Å². The fourth-order valence-electron chi connectivity index (χ4n) is 2.31. The average Bonchev–Trinajstić information content (AvgIpc) is 2.63. The first-order valence-electron chi connectivity index (χ1n) is 8.01. The summed E-state index contributed by atoms with van der Waals surface area (Å²) < 4.78 is 14.2. The van der Waals surface area contributed by atoms with Gasteiger partial charge in [-0.1, -0.05) is 17.7 Å². The summed E-state index contributed by atoms with van der Waals surface area (Å²) in [5, 5.41) is 15.6. The van der Waals surface area contributed by atoms with Gasteiger partial charge in [0.15, 0.2) is 0 Å². The second-order valence-corrected chi connectivity index (χ2v) is 5.93. The Morgan fingerprint density at radius 3 is 2.81 bits per heavy atom. The minimum absolute atomic E-state index is 0.0805. The normalized spacial score (nSPS) is 10.6. The van der Waals surface area contributed by atoms with Crippen LogP contribution in [0.3, 0.4) is 0 Å². The molecule has 0 bridgehead atoms. The van der Waals surface area contributed by atoms with E-state index in [1.807, 2.05) is 12.1 Å². The van der Waals surface area contributed by atoms with Gasteiger partial charge in [-0.05, 0) is 30.7 Å². The lowest BCUT2D eigenvalue weighted by Crippen LogP contribution is -2.05. The first-order valence-corrected chi connectivity index (χ1v) is 8.39. The van der Waals surface area contributed by atoms with E-state index in [9.17, 15) is 4.39 Å². The molecule has 134 valence electrons. The van der Waals surface area contributed by atoms with E-state index >= 15 is 0 Å². The molecular weight excluding hydrogens is 357 g/mol.